The number of nitrogens with zero attached hydrogens (tertiary/aromatic N) is 1. The van der Waals surface area contributed by atoms with Crippen LogP contribution in [0.3, 0.4) is 0 Å². The molecule has 0 saturated heterocycles. The molecular formula is C29H29N3O7. The van der Waals surface area contributed by atoms with Gasteiger partial charge in [0.25, 0.3) is 0 Å². The minimum absolute atomic E-state index is 0.537. The van der Waals surface area contributed by atoms with E-state index in [1.807, 2.05) is 54.6 Å². The fourth-order valence-electron chi connectivity index (χ4n) is 3.49. The zero-order valence-electron chi connectivity index (χ0n) is 21.5. The number of rotatable bonds is 10. The van der Waals surface area contributed by atoms with Crippen molar-refractivity contribution in [2.75, 3.05) is 19.5 Å². The highest BCUT2D eigenvalue weighted by Crippen LogP contribution is 2.42. The second-order valence-corrected chi connectivity index (χ2v) is 8.02. The van der Waals surface area contributed by atoms with Crippen molar-refractivity contribution < 1.29 is 34.0 Å². The Balaban J connectivity index is 0.000000459. The number of hydrogen-bond acceptors (Lipinski definition) is 8. The van der Waals surface area contributed by atoms with Gasteiger partial charge in [-0.3, -0.25) is 4.98 Å². The Morgan fingerprint density at radius 2 is 1.51 bits per heavy atom. The number of hydrogen-bond donors (Lipinski definition) is 4. The number of nitrogens with two attached hydrogens (primary N) is 1. The summed E-state index contributed by atoms with van der Waals surface area (Å²) in [6, 6.07) is 21.4. The average Bonchev–Trinajstić information content (AvgIpc) is 2.96. The van der Waals surface area contributed by atoms with Crippen molar-refractivity contribution >= 4 is 28.5 Å². The molecule has 1 heterocycles. The van der Waals surface area contributed by atoms with Crippen molar-refractivity contribution in [1.82, 2.24) is 4.98 Å². The largest absolute Gasteiger partial charge is 0.497 e. The molecule has 10 nitrogen and oxygen atoms in total. The zero-order chi connectivity index (χ0) is 28.2. The normalized spacial score (nSPS) is 10.4. The SMILES string of the molecule is COc1ccc(Oc2c(OC)cc(NCc3ccc(CN)cc3)c3ncccc23)cc1.O=C(O)/C=C/C(=O)O. The third-order valence-corrected chi connectivity index (χ3v) is 5.42. The van der Waals surface area contributed by atoms with Crippen LogP contribution in [0.4, 0.5) is 5.69 Å². The van der Waals surface area contributed by atoms with Crippen LogP contribution in [-0.4, -0.2) is 41.4 Å². The Hall–Kier alpha value is -5.09. The van der Waals surface area contributed by atoms with Gasteiger partial charge in [-0.1, -0.05) is 24.3 Å². The monoisotopic (exact) mass is 531 g/mol. The van der Waals surface area contributed by atoms with Gasteiger partial charge in [-0.15, -0.1) is 0 Å². The van der Waals surface area contributed by atoms with E-state index in [1.54, 1.807) is 20.4 Å². The number of ether oxygens (including phenoxy) is 3. The minimum Gasteiger partial charge on any atom is -0.497 e. The summed E-state index contributed by atoms with van der Waals surface area (Å²) in [6.07, 6.45) is 2.89. The van der Waals surface area contributed by atoms with Crippen LogP contribution in [0.25, 0.3) is 10.9 Å². The minimum atomic E-state index is -1.26. The first kappa shape index (κ1) is 28.5. The lowest BCUT2D eigenvalue weighted by atomic mass is 10.1. The van der Waals surface area contributed by atoms with Crippen LogP contribution < -0.4 is 25.3 Å². The van der Waals surface area contributed by atoms with Crippen LogP contribution in [0, 0.1) is 0 Å². The molecule has 3 aromatic carbocycles. The Morgan fingerprint density at radius 1 is 0.897 bits per heavy atom. The van der Waals surface area contributed by atoms with E-state index in [1.165, 1.54) is 0 Å². The molecule has 5 N–H and O–H groups in total. The van der Waals surface area contributed by atoms with Crippen LogP contribution in [-0.2, 0) is 22.7 Å². The van der Waals surface area contributed by atoms with Gasteiger partial charge in [-0.25, -0.2) is 9.59 Å². The molecule has 4 rings (SSSR count). The standard InChI is InChI=1S/C25H25N3O3.C4H4O4/c1-29-19-9-11-20(12-10-19)31-25-21-4-3-13-27-24(21)22(14-23(25)30-2)28-16-18-7-5-17(15-26)6-8-18;5-3(6)1-2-4(7)8/h3-14,28H,15-16,26H2,1-2H3;1-2H,(H,5,6)(H,7,8)/b;2-1+. The number of fused-ring (bicyclic) bond motifs is 1. The number of anilines is 1. The summed E-state index contributed by atoms with van der Waals surface area (Å²) < 4.78 is 17.1. The van der Waals surface area contributed by atoms with E-state index in [0.29, 0.717) is 42.5 Å². The molecule has 0 saturated carbocycles. The van der Waals surface area contributed by atoms with Crippen molar-refractivity contribution in [3.05, 3.63) is 96.2 Å². The van der Waals surface area contributed by atoms with E-state index in [9.17, 15) is 9.59 Å². The van der Waals surface area contributed by atoms with E-state index >= 15 is 0 Å². The van der Waals surface area contributed by atoms with Crippen molar-refractivity contribution in [3.63, 3.8) is 0 Å². The number of nitrogens with one attached hydrogen (secondary N) is 1. The molecule has 0 bridgehead atoms. The number of aromatic nitrogens is 1. The molecule has 0 radical (unpaired) electrons. The van der Waals surface area contributed by atoms with Gasteiger partial charge in [0.1, 0.15) is 11.5 Å². The van der Waals surface area contributed by atoms with Gasteiger partial charge in [0.15, 0.2) is 11.5 Å². The highest BCUT2D eigenvalue weighted by atomic mass is 16.5. The van der Waals surface area contributed by atoms with Crippen LogP contribution in [0.2, 0.25) is 0 Å². The van der Waals surface area contributed by atoms with Crippen molar-refractivity contribution in [2.24, 2.45) is 5.73 Å². The Labute approximate surface area is 225 Å². The van der Waals surface area contributed by atoms with Gasteiger partial charge in [-0.05, 0) is 47.5 Å². The van der Waals surface area contributed by atoms with Gasteiger partial charge in [0.05, 0.1) is 25.4 Å². The Morgan fingerprint density at radius 3 is 2.08 bits per heavy atom. The van der Waals surface area contributed by atoms with Crippen molar-refractivity contribution in [3.8, 4) is 23.0 Å². The number of carboxylic acids is 2. The first-order valence-corrected chi connectivity index (χ1v) is 11.8. The highest BCUT2D eigenvalue weighted by Gasteiger charge is 2.16. The first-order valence-electron chi connectivity index (χ1n) is 11.8. The Bertz CT molecular complexity index is 1420. The first-order chi connectivity index (χ1) is 18.8. The summed E-state index contributed by atoms with van der Waals surface area (Å²) in [6.45, 7) is 1.19. The molecule has 0 amide bonds. The summed E-state index contributed by atoms with van der Waals surface area (Å²) in [5.41, 5.74) is 9.63. The number of methoxy groups -OCH3 is 2. The molecule has 4 aromatic rings. The maximum Gasteiger partial charge on any atom is 0.328 e. The predicted molar refractivity (Wildman–Crippen MR) is 147 cm³/mol. The number of benzene rings is 3. The number of carbonyl (C=O) groups is 2. The molecule has 202 valence electrons. The predicted octanol–water partition coefficient (Wildman–Crippen LogP) is 4.83. The zero-order valence-corrected chi connectivity index (χ0v) is 21.5. The van der Waals surface area contributed by atoms with Gasteiger partial charge in [0.2, 0.25) is 0 Å². The summed E-state index contributed by atoms with van der Waals surface area (Å²) in [7, 11) is 3.27. The molecule has 0 spiro atoms. The Kier molecular flexibility index (Phi) is 10.2. The van der Waals surface area contributed by atoms with Crippen LogP contribution in [0.15, 0.2) is 85.1 Å². The van der Waals surface area contributed by atoms with Crippen LogP contribution in [0.1, 0.15) is 11.1 Å². The van der Waals surface area contributed by atoms with E-state index in [-0.39, 0.29) is 0 Å². The van der Waals surface area contributed by atoms with E-state index < -0.39 is 11.9 Å². The van der Waals surface area contributed by atoms with Gasteiger partial charge >= 0.3 is 11.9 Å². The highest BCUT2D eigenvalue weighted by molar-refractivity contribution is 5.97. The second kappa shape index (κ2) is 14.0. The van der Waals surface area contributed by atoms with E-state index in [0.717, 1.165) is 33.5 Å². The third-order valence-electron chi connectivity index (χ3n) is 5.42. The molecule has 1 aromatic heterocycles. The summed E-state index contributed by atoms with van der Waals surface area (Å²) in [5, 5.41) is 20.0. The lowest BCUT2D eigenvalue weighted by Gasteiger charge is -2.17. The quantitative estimate of drug-likeness (QED) is 0.209. The maximum atomic E-state index is 9.55. The van der Waals surface area contributed by atoms with Crippen molar-refractivity contribution in [2.45, 2.75) is 13.1 Å². The topological polar surface area (TPSA) is 153 Å². The molecule has 0 unspecified atom stereocenters. The van der Waals surface area contributed by atoms with E-state index in [2.05, 4.69) is 22.4 Å². The van der Waals surface area contributed by atoms with Crippen molar-refractivity contribution in [1.29, 1.82) is 0 Å². The van der Waals surface area contributed by atoms with E-state index in [4.69, 9.17) is 30.2 Å². The molecule has 0 aliphatic rings. The number of carboxylic acid groups (broad SMARTS) is 2. The molecular weight excluding hydrogens is 502 g/mol. The summed E-state index contributed by atoms with van der Waals surface area (Å²) in [4.78, 5) is 23.7. The fourth-order valence-corrected chi connectivity index (χ4v) is 3.49. The lowest BCUT2D eigenvalue weighted by molar-refractivity contribution is -0.134. The second-order valence-electron chi connectivity index (χ2n) is 8.02. The lowest BCUT2D eigenvalue weighted by Crippen LogP contribution is -2.03. The molecule has 0 atom stereocenters. The molecule has 10 heteroatoms. The molecule has 0 aliphatic heterocycles. The van der Waals surface area contributed by atoms with Gasteiger partial charge < -0.3 is 35.5 Å². The summed E-state index contributed by atoms with van der Waals surface area (Å²) >= 11 is 0. The fraction of sp³-hybridized carbons (Fsp3) is 0.138. The smallest absolute Gasteiger partial charge is 0.328 e. The molecule has 0 fully saturated rings. The van der Waals surface area contributed by atoms with Gasteiger partial charge in [-0.2, -0.15) is 0 Å². The average molecular weight is 532 g/mol. The maximum absolute atomic E-state index is 9.55. The van der Waals surface area contributed by atoms with Crippen LogP contribution >= 0.6 is 0 Å². The molecule has 0 aliphatic carbocycles. The number of pyridine rings is 1. The third kappa shape index (κ3) is 8.20. The number of aliphatic carboxylic acids is 2. The molecule has 39 heavy (non-hydrogen) atoms. The summed E-state index contributed by atoms with van der Waals surface area (Å²) in [5.74, 6) is 0.181. The van der Waals surface area contributed by atoms with Gasteiger partial charge in [0, 0.05) is 42.9 Å². The van der Waals surface area contributed by atoms with Crippen LogP contribution in [0.5, 0.6) is 23.0 Å².